The molecule has 25 heavy (non-hydrogen) atoms. The van der Waals surface area contributed by atoms with E-state index >= 15 is 0 Å². The summed E-state index contributed by atoms with van der Waals surface area (Å²) in [5.74, 6) is 0.918. The number of methoxy groups -OCH3 is 2. The minimum atomic E-state index is -0.290. The van der Waals surface area contributed by atoms with Crippen molar-refractivity contribution in [1.29, 1.82) is 0 Å². The predicted octanol–water partition coefficient (Wildman–Crippen LogP) is 3.15. The Morgan fingerprint density at radius 3 is 2.44 bits per heavy atom. The van der Waals surface area contributed by atoms with Crippen LogP contribution in [0, 0.1) is 0 Å². The van der Waals surface area contributed by atoms with Crippen LogP contribution in [-0.2, 0) is 4.79 Å². The predicted molar refractivity (Wildman–Crippen MR) is 96.2 cm³/mol. The van der Waals surface area contributed by atoms with Crippen LogP contribution in [0.2, 0.25) is 0 Å². The highest BCUT2D eigenvalue weighted by Gasteiger charge is 2.16. The molecule has 2 N–H and O–H groups in total. The molecule has 1 unspecified atom stereocenters. The Balaban J connectivity index is 2.19. The summed E-state index contributed by atoms with van der Waals surface area (Å²) < 4.78 is 10.6. The molecule has 0 aromatic heterocycles. The molecule has 0 saturated carbocycles. The highest BCUT2D eigenvalue weighted by Crippen LogP contribution is 2.29. The molecule has 0 heterocycles. The molecule has 6 nitrogen and oxygen atoms in total. The highest BCUT2D eigenvalue weighted by molar-refractivity contribution is 5.97. The Morgan fingerprint density at radius 2 is 1.80 bits per heavy atom. The van der Waals surface area contributed by atoms with Gasteiger partial charge in [0.05, 0.1) is 20.3 Å². The monoisotopic (exact) mass is 342 g/mol. The van der Waals surface area contributed by atoms with Gasteiger partial charge >= 0.3 is 0 Å². The van der Waals surface area contributed by atoms with Crippen LogP contribution in [0.5, 0.6) is 11.5 Å². The second kappa shape index (κ2) is 8.19. The maximum Gasteiger partial charge on any atom is 0.251 e. The Bertz CT molecular complexity index is 774. The highest BCUT2D eigenvalue weighted by atomic mass is 16.5. The van der Waals surface area contributed by atoms with Gasteiger partial charge in [-0.25, -0.2) is 0 Å². The molecule has 0 aliphatic rings. The maximum absolute atomic E-state index is 12.5. The molecule has 2 aromatic carbocycles. The summed E-state index contributed by atoms with van der Waals surface area (Å²) in [6, 6.07) is 11.9. The Morgan fingerprint density at radius 1 is 1.04 bits per heavy atom. The molecule has 0 aliphatic heterocycles. The van der Waals surface area contributed by atoms with E-state index < -0.39 is 0 Å². The molecular weight excluding hydrogens is 320 g/mol. The van der Waals surface area contributed by atoms with E-state index in [-0.39, 0.29) is 17.9 Å². The fourth-order valence-corrected chi connectivity index (χ4v) is 2.48. The van der Waals surface area contributed by atoms with Crippen LogP contribution in [0.3, 0.4) is 0 Å². The van der Waals surface area contributed by atoms with Crippen molar-refractivity contribution in [2.75, 3.05) is 19.5 Å². The van der Waals surface area contributed by atoms with Crippen LogP contribution in [0.15, 0.2) is 42.5 Å². The third-order valence-corrected chi connectivity index (χ3v) is 3.70. The number of carbonyl (C=O) groups excluding carboxylic acids is 2. The number of amides is 2. The van der Waals surface area contributed by atoms with Crippen LogP contribution in [0.1, 0.15) is 35.8 Å². The topological polar surface area (TPSA) is 76.7 Å². The van der Waals surface area contributed by atoms with E-state index in [0.29, 0.717) is 22.7 Å². The molecule has 1 atom stereocenters. The van der Waals surface area contributed by atoms with Gasteiger partial charge in [0.15, 0.2) is 0 Å². The van der Waals surface area contributed by atoms with Gasteiger partial charge in [0.1, 0.15) is 11.5 Å². The lowest BCUT2D eigenvalue weighted by Crippen LogP contribution is -2.27. The number of hydrogen-bond acceptors (Lipinski definition) is 4. The molecule has 2 amide bonds. The average Bonchev–Trinajstić information content (AvgIpc) is 2.60. The molecule has 0 bridgehead atoms. The molecule has 2 rings (SSSR count). The molecule has 2 aromatic rings. The minimum Gasteiger partial charge on any atom is -0.497 e. The van der Waals surface area contributed by atoms with Crippen molar-refractivity contribution in [1.82, 2.24) is 5.32 Å². The lowest BCUT2D eigenvalue weighted by atomic mass is 10.1. The Hall–Kier alpha value is -3.02. The normalized spacial score (nSPS) is 11.4. The summed E-state index contributed by atoms with van der Waals surface area (Å²) in [6.45, 7) is 3.29. The zero-order chi connectivity index (χ0) is 18.4. The molecule has 132 valence electrons. The summed E-state index contributed by atoms with van der Waals surface area (Å²) in [5, 5.41) is 5.59. The quantitative estimate of drug-likeness (QED) is 0.845. The lowest BCUT2D eigenvalue weighted by molar-refractivity contribution is -0.114. The van der Waals surface area contributed by atoms with Crippen LogP contribution >= 0.6 is 0 Å². The largest absolute Gasteiger partial charge is 0.497 e. The van der Waals surface area contributed by atoms with Crippen molar-refractivity contribution in [3.8, 4) is 11.5 Å². The van der Waals surface area contributed by atoms with Crippen molar-refractivity contribution in [2.45, 2.75) is 19.9 Å². The van der Waals surface area contributed by atoms with Gasteiger partial charge in [0.25, 0.3) is 5.91 Å². The van der Waals surface area contributed by atoms with E-state index in [9.17, 15) is 9.59 Å². The van der Waals surface area contributed by atoms with E-state index in [1.165, 1.54) is 6.92 Å². The molecule has 0 spiro atoms. The van der Waals surface area contributed by atoms with E-state index in [1.807, 2.05) is 13.0 Å². The fraction of sp³-hybridized carbons (Fsp3) is 0.263. The first-order valence-electron chi connectivity index (χ1n) is 7.85. The van der Waals surface area contributed by atoms with Crippen molar-refractivity contribution in [3.05, 3.63) is 53.6 Å². The summed E-state index contributed by atoms with van der Waals surface area (Å²) in [7, 11) is 3.17. The number of hydrogen-bond donors (Lipinski definition) is 2. The third-order valence-electron chi connectivity index (χ3n) is 3.70. The van der Waals surface area contributed by atoms with Crippen LogP contribution in [0.25, 0.3) is 0 Å². The Labute approximate surface area is 147 Å². The van der Waals surface area contributed by atoms with Gasteiger partial charge in [-0.15, -0.1) is 0 Å². The summed E-state index contributed by atoms with van der Waals surface area (Å²) in [6.07, 6.45) is 0. The second-order valence-electron chi connectivity index (χ2n) is 5.57. The van der Waals surface area contributed by atoms with Crippen LogP contribution < -0.4 is 20.1 Å². The average molecular weight is 342 g/mol. The molecule has 6 heteroatoms. The second-order valence-corrected chi connectivity index (χ2v) is 5.57. The van der Waals surface area contributed by atoms with Crippen LogP contribution in [0.4, 0.5) is 5.69 Å². The smallest absolute Gasteiger partial charge is 0.251 e. The number of nitrogens with one attached hydrogen (secondary N) is 2. The number of benzene rings is 2. The zero-order valence-electron chi connectivity index (χ0n) is 14.8. The first kappa shape index (κ1) is 18.3. The van der Waals surface area contributed by atoms with Crippen molar-refractivity contribution in [3.63, 3.8) is 0 Å². The Kier molecular flexibility index (Phi) is 6.00. The van der Waals surface area contributed by atoms with Gasteiger partial charge in [0, 0.05) is 23.7 Å². The molecule has 0 radical (unpaired) electrons. The van der Waals surface area contributed by atoms with E-state index in [4.69, 9.17) is 9.47 Å². The van der Waals surface area contributed by atoms with Crippen molar-refractivity contribution < 1.29 is 19.1 Å². The first-order chi connectivity index (χ1) is 11.9. The number of rotatable bonds is 6. The summed E-state index contributed by atoms with van der Waals surface area (Å²) in [5.41, 5.74) is 1.85. The summed E-state index contributed by atoms with van der Waals surface area (Å²) in [4.78, 5) is 23.7. The summed E-state index contributed by atoms with van der Waals surface area (Å²) >= 11 is 0. The van der Waals surface area contributed by atoms with Crippen molar-refractivity contribution >= 4 is 17.5 Å². The molecular formula is C19H22N2O4. The number of ether oxygens (including phenoxy) is 2. The SMILES string of the molecule is COc1ccc(OC)c(C(C)NC(=O)c2cccc(NC(C)=O)c2)c1. The molecule has 0 saturated heterocycles. The van der Waals surface area contributed by atoms with E-state index in [1.54, 1.807) is 50.6 Å². The van der Waals surface area contributed by atoms with Gasteiger partial charge in [-0.2, -0.15) is 0 Å². The van der Waals surface area contributed by atoms with Gasteiger partial charge < -0.3 is 20.1 Å². The van der Waals surface area contributed by atoms with Crippen LogP contribution in [-0.4, -0.2) is 26.0 Å². The van der Waals surface area contributed by atoms with Gasteiger partial charge in [-0.1, -0.05) is 6.07 Å². The molecule has 0 aliphatic carbocycles. The van der Waals surface area contributed by atoms with Crippen molar-refractivity contribution in [2.24, 2.45) is 0 Å². The number of anilines is 1. The fourth-order valence-electron chi connectivity index (χ4n) is 2.48. The van der Waals surface area contributed by atoms with E-state index in [0.717, 1.165) is 5.56 Å². The maximum atomic E-state index is 12.5. The molecule has 0 fully saturated rings. The first-order valence-corrected chi connectivity index (χ1v) is 7.85. The van der Waals surface area contributed by atoms with E-state index in [2.05, 4.69) is 10.6 Å². The van der Waals surface area contributed by atoms with Gasteiger partial charge in [-0.3, -0.25) is 9.59 Å². The zero-order valence-corrected chi connectivity index (χ0v) is 14.8. The minimum absolute atomic E-state index is 0.188. The van der Waals surface area contributed by atoms with Gasteiger partial charge in [-0.05, 0) is 43.3 Å². The standard InChI is InChI=1S/C19H22N2O4/c1-12(17-11-16(24-3)8-9-18(17)25-4)20-19(23)14-6-5-7-15(10-14)21-13(2)22/h5-12H,1-4H3,(H,20,23)(H,21,22). The van der Waals surface area contributed by atoms with Gasteiger partial charge in [0.2, 0.25) is 5.91 Å². The lowest BCUT2D eigenvalue weighted by Gasteiger charge is -2.18. The third kappa shape index (κ3) is 4.73. The number of carbonyl (C=O) groups is 2.